The molecule has 0 radical (unpaired) electrons. The summed E-state index contributed by atoms with van der Waals surface area (Å²) in [5.74, 6) is -0.0354. The number of methoxy groups -OCH3 is 1. The van der Waals surface area contributed by atoms with Gasteiger partial charge in [0.2, 0.25) is 0 Å². The topological polar surface area (TPSA) is 90.9 Å². The Morgan fingerprint density at radius 2 is 1.75 bits per heavy atom. The highest BCUT2D eigenvalue weighted by atomic mass is 32.1. The van der Waals surface area contributed by atoms with Crippen LogP contribution in [0.4, 0.5) is 5.00 Å². The maximum Gasteiger partial charge on any atom is 0.341 e. The zero-order chi connectivity index (χ0) is 20.8. The summed E-state index contributed by atoms with van der Waals surface area (Å²) < 4.78 is 15.8. The molecule has 0 spiro atoms. The fourth-order valence-corrected chi connectivity index (χ4v) is 3.61. The van der Waals surface area contributed by atoms with Gasteiger partial charge in [-0.3, -0.25) is 9.59 Å². The third-order valence-electron chi connectivity index (χ3n) is 3.92. The van der Waals surface area contributed by atoms with E-state index in [0.717, 1.165) is 11.3 Å². The largest absolute Gasteiger partial charge is 0.497 e. The molecule has 2 rings (SSSR count). The number of hydrogen-bond donors (Lipinski definition) is 1. The van der Waals surface area contributed by atoms with Gasteiger partial charge in [-0.25, -0.2) is 4.79 Å². The smallest absolute Gasteiger partial charge is 0.341 e. The highest BCUT2D eigenvalue weighted by Gasteiger charge is 2.26. The first-order valence-corrected chi connectivity index (χ1v) is 9.53. The van der Waals surface area contributed by atoms with Crippen LogP contribution in [0.25, 0.3) is 0 Å². The van der Waals surface area contributed by atoms with Gasteiger partial charge in [0.15, 0.2) is 11.9 Å². The molecule has 7 nitrogen and oxygen atoms in total. The van der Waals surface area contributed by atoms with Gasteiger partial charge in [-0.05, 0) is 57.5 Å². The van der Waals surface area contributed by atoms with Gasteiger partial charge in [0.05, 0.1) is 24.2 Å². The molecule has 1 amide bonds. The first kappa shape index (κ1) is 21.4. The van der Waals surface area contributed by atoms with Gasteiger partial charge in [0, 0.05) is 0 Å². The summed E-state index contributed by atoms with van der Waals surface area (Å²) in [6.07, 6.45) is -0.827. The SMILES string of the molecule is CCOC(=O)c1c(NC(=O)[C@@H](C)Oc2ccc(OC)cc2)sc(C(C)=O)c1C. The van der Waals surface area contributed by atoms with Crippen LogP contribution in [0.3, 0.4) is 0 Å². The number of thiophene rings is 1. The molecule has 0 saturated heterocycles. The third kappa shape index (κ3) is 4.89. The molecule has 0 unspecified atom stereocenters. The van der Waals surface area contributed by atoms with Crippen molar-refractivity contribution in [2.45, 2.75) is 33.8 Å². The second-order valence-corrected chi connectivity index (χ2v) is 6.98. The van der Waals surface area contributed by atoms with E-state index in [4.69, 9.17) is 14.2 Å². The number of carbonyl (C=O) groups excluding carboxylic acids is 3. The van der Waals surface area contributed by atoms with Crippen molar-refractivity contribution in [2.75, 3.05) is 19.0 Å². The lowest BCUT2D eigenvalue weighted by molar-refractivity contribution is -0.122. The number of carbonyl (C=O) groups is 3. The third-order valence-corrected chi connectivity index (χ3v) is 5.23. The lowest BCUT2D eigenvalue weighted by atomic mass is 10.1. The molecule has 28 heavy (non-hydrogen) atoms. The van der Waals surface area contributed by atoms with E-state index in [1.54, 1.807) is 52.1 Å². The molecule has 1 heterocycles. The van der Waals surface area contributed by atoms with Crippen LogP contribution in [0.5, 0.6) is 11.5 Å². The van der Waals surface area contributed by atoms with Crippen molar-refractivity contribution in [2.24, 2.45) is 0 Å². The van der Waals surface area contributed by atoms with Crippen molar-refractivity contribution in [3.05, 3.63) is 40.3 Å². The summed E-state index contributed by atoms with van der Waals surface area (Å²) in [5, 5.41) is 2.96. The Bertz CT molecular complexity index is 872. The van der Waals surface area contributed by atoms with Gasteiger partial charge in [-0.15, -0.1) is 11.3 Å². The molecule has 1 N–H and O–H groups in total. The summed E-state index contributed by atoms with van der Waals surface area (Å²) >= 11 is 1.05. The summed E-state index contributed by atoms with van der Waals surface area (Å²) in [6.45, 7) is 6.54. The number of amides is 1. The number of anilines is 1. The molecule has 8 heteroatoms. The average Bonchev–Trinajstić information content (AvgIpc) is 2.98. The Labute approximate surface area is 167 Å². The summed E-state index contributed by atoms with van der Waals surface area (Å²) in [4.78, 5) is 37.1. The Balaban J connectivity index is 2.20. The van der Waals surface area contributed by atoms with E-state index < -0.39 is 18.0 Å². The second kappa shape index (κ2) is 9.36. The Hall–Kier alpha value is -2.87. The van der Waals surface area contributed by atoms with Crippen molar-refractivity contribution in [3.63, 3.8) is 0 Å². The first-order chi connectivity index (χ1) is 13.3. The van der Waals surface area contributed by atoms with Gasteiger partial charge in [-0.2, -0.15) is 0 Å². The van der Waals surface area contributed by atoms with E-state index in [-0.39, 0.29) is 23.0 Å². The molecule has 1 atom stereocenters. The molecule has 0 aliphatic heterocycles. The maximum atomic E-state index is 12.6. The minimum atomic E-state index is -0.827. The molecular formula is C20H23NO6S. The fourth-order valence-electron chi connectivity index (χ4n) is 2.51. The molecule has 1 aromatic carbocycles. The van der Waals surface area contributed by atoms with Crippen LogP contribution in [0.2, 0.25) is 0 Å². The maximum absolute atomic E-state index is 12.6. The second-order valence-electron chi connectivity index (χ2n) is 5.96. The average molecular weight is 405 g/mol. The molecular weight excluding hydrogens is 382 g/mol. The van der Waals surface area contributed by atoms with Crippen LogP contribution in [0, 0.1) is 6.92 Å². The van der Waals surface area contributed by atoms with Crippen LogP contribution >= 0.6 is 11.3 Å². The van der Waals surface area contributed by atoms with Crippen LogP contribution in [-0.4, -0.2) is 37.5 Å². The molecule has 0 fully saturated rings. The molecule has 0 aliphatic carbocycles. The van der Waals surface area contributed by atoms with E-state index in [9.17, 15) is 14.4 Å². The fraction of sp³-hybridized carbons (Fsp3) is 0.350. The van der Waals surface area contributed by atoms with Crippen LogP contribution in [-0.2, 0) is 9.53 Å². The van der Waals surface area contributed by atoms with E-state index >= 15 is 0 Å². The Morgan fingerprint density at radius 3 is 2.29 bits per heavy atom. The molecule has 0 bridgehead atoms. The summed E-state index contributed by atoms with van der Waals surface area (Å²) in [5.41, 5.74) is 0.692. The molecule has 2 aromatic rings. The van der Waals surface area contributed by atoms with E-state index in [1.165, 1.54) is 6.92 Å². The van der Waals surface area contributed by atoms with Crippen LogP contribution in [0.1, 0.15) is 46.4 Å². The number of hydrogen-bond acceptors (Lipinski definition) is 7. The first-order valence-electron chi connectivity index (χ1n) is 8.71. The zero-order valence-corrected chi connectivity index (χ0v) is 17.3. The minimum absolute atomic E-state index is 0.184. The number of Topliss-reactive ketones (excluding diaryl/α,β-unsaturated/α-hetero) is 1. The summed E-state index contributed by atoms with van der Waals surface area (Å²) in [6, 6.07) is 6.83. The van der Waals surface area contributed by atoms with Crippen LogP contribution < -0.4 is 14.8 Å². The quantitative estimate of drug-likeness (QED) is 0.530. The van der Waals surface area contributed by atoms with Gasteiger partial charge in [0.1, 0.15) is 16.5 Å². The van der Waals surface area contributed by atoms with Gasteiger partial charge in [-0.1, -0.05) is 0 Å². The predicted octanol–water partition coefficient (Wildman–Crippen LogP) is 3.85. The lowest BCUT2D eigenvalue weighted by Gasteiger charge is -2.15. The van der Waals surface area contributed by atoms with Crippen molar-refractivity contribution in [1.29, 1.82) is 0 Å². The van der Waals surface area contributed by atoms with E-state index in [0.29, 0.717) is 21.9 Å². The number of ketones is 1. The van der Waals surface area contributed by atoms with Crippen molar-refractivity contribution in [3.8, 4) is 11.5 Å². The molecule has 0 aliphatic rings. The number of rotatable bonds is 8. The molecule has 1 aromatic heterocycles. The van der Waals surface area contributed by atoms with Crippen molar-refractivity contribution >= 4 is 34.0 Å². The monoisotopic (exact) mass is 405 g/mol. The number of ether oxygens (including phenoxy) is 3. The Kier molecular flexibility index (Phi) is 7.17. The highest BCUT2D eigenvalue weighted by molar-refractivity contribution is 7.18. The van der Waals surface area contributed by atoms with Gasteiger partial charge >= 0.3 is 5.97 Å². The Morgan fingerprint density at radius 1 is 1.14 bits per heavy atom. The predicted molar refractivity (Wildman–Crippen MR) is 107 cm³/mol. The van der Waals surface area contributed by atoms with Crippen molar-refractivity contribution in [1.82, 2.24) is 0 Å². The van der Waals surface area contributed by atoms with Crippen molar-refractivity contribution < 1.29 is 28.6 Å². The normalized spacial score (nSPS) is 11.5. The number of benzene rings is 1. The van der Waals surface area contributed by atoms with Gasteiger partial charge in [0.25, 0.3) is 5.91 Å². The zero-order valence-electron chi connectivity index (χ0n) is 16.5. The lowest BCUT2D eigenvalue weighted by Crippen LogP contribution is -2.30. The minimum Gasteiger partial charge on any atom is -0.497 e. The van der Waals surface area contributed by atoms with E-state index in [2.05, 4.69) is 5.32 Å². The number of nitrogens with one attached hydrogen (secondary N) is 1. The highest BCUT2D eigenvalue weighted by Crippen LogP contribution is 2.34. The van der Waals surface area contributed by atoms with Gasteiger partial charge < -0.3 is 19.5 Å². The van der Waals surface area contributed by atoms with E-state index in [1.807, 2.05) is 0 Å². The summed E-state index contributed by atoms with van der Waals surface area (Å²) in [7, 11) is 1.56. The van der Waals surface area contributed by atoms with Crippen LogP contribution in [0.15, 0.2) is 24.3 Å². The molecule has 0 saturated carbocycles. The molecule has 150 valence electrons. The number of esters is 1. The standard InChI is InChI=1S/C20H23NO6S/c1-6-26-20(24)16-11(2)17(12(3)22)28-19(16)21-18(23)13(4)27-15-9-7-14(25-5)8-10-15/h7-10,13H,6H2,1-5H3,(H,21,23)/t13-/m1/s1.